The van der Waals surface area contributed by atoms with E-state index in [0.29, 0.717) is 13.0 Å². The summed E-state index contributed by atoms with van der Waals surface area (Å²) in [6, 6.07) is 0. The van der Waals surface area contributed by atoms with Crippen LogP contribution in [0.4, 0.5) is 0 Å². The Balaban J connectivity index is 2.93. The molecule has 1 heterocycles. The Bertz CT molecular complexity index is 186. The molecule has 0 bridgehead atoms. The maximum atomic E-state index is 10.9. The maximum absolute atomic E-state index is 10.9. The number of carbonyl (C=O) groups is 1. The third-order valence-electron chi connectivity index (χ3n) is 2.87. The van der Waals surface area contributed by atoms with Crippen LogP contribution in [0.15, 0.2) is 0 Å². The van der Waals surface area contributed by atoms with Crippen LogP contribution in [-0.2, 0) is 9.53 Å². The van der Waals surface area contributed by atoms with Crippen molar-refractivity contribution in [2.45, 2.75) is 32.8 Å². The first-order chi connectivity index (χ1) is 4.90. The average Bonchev–Trinajstić information content (AvgIpc) is 2.09. The zero-order valence-corrected chi connectivity index (χ0v) is 7.18. The SMILES string of the molecule is CC1(C)OCC[C@]1(C)C(=O)O. The number of ether oxygens (including phenoxy) is 1. The van der Waals surface area contributed by atoms with Crippen molar-refractivity contribution in [1.29, 1.82) is 0 Å². The maximum Gasteiger partial charge on any atom is 0.312 e. The minimum atomic E-state index is -0.764. The molecule has 0 spiro atoms. The van der Waals surface area contributed by atoms with Gasteiger partial charge in [0.1, 0.15) is 0 Å². The Morgan fingerprint density at radius 1 is 1.45 bits per heavy atom. The van der Waals surface area contributed by atoms with Crippen LogP contribution in [0.5, 0.6) is 0 Å². The molecule has 1 atom stereocenters. The van der Waals surface area contributed by atoms with Gasteiger partial charge in [-0.15, -0.1) is 0 Å². The Hall–Kier alpha value is -0.570. The third-order valence-corrected chi connectivity index (χ3v) is 2.87. The van der Waals surface area contributed by atoms with Crippen LogP contribution >= 0.6 is 0 Å². The second-order valence-electron chi connectivity index (χ2n) is 3.75. The van der Waals surface area contributed by atoms with Crippen molar-refractivity contribution in [3.8, 4) is 0 Å². The Kier molecular flexibility index (Phi) is 1.71. The first-order valence-electron chi connectivity index (χ1n) is 3.77. The van der Waals surface area contributed by atoms with Crippen LogP contribution < -0.4 is 0 Å². The summed E-state index contributed by atoms with van der Waals surface area (Å²) in [5.41, 5.74) is -1.24. The van der Waals surface area contributed by atoms with Gasteiger partial charge in [0.15, 0.2) is 0 Å². The van der Waals surface area contributed by atoms with E-state index in [0.717, 1.165) is 0 Å². The van der Waals surface area contributed by atoms with Gasteiger partial charge >= 0.3 is 5.97 Å². The molecule has 0 aromatic rings. The summed E-state index contributed by atoms with van der Waals surface area (Å²) in [6.45, 7) is 5.94. The highest BCUT2D eigenvalue weighted by Gasteiger charge is 2.52. The summed E-state index contributed by atoms with van der Waals surface area (Å²) >= 11 is 0. The van der Waals surface area contributed by atoms with E-state index in [2.05, 4.69) is 0 Å². The summed E-state index contributed by atoms with van der Waals surface area (Å²) < 4.78 is 5.34. The molecule has 1 N–H and O–H groups in total. The molecule has 1 fully saturated rings. The van der Waals surface area contributed by atoms with Crippen LogP contribution in [0, 0.1) is 5.41 Å². The van der Waals surface area contributed by atoms with Crippen molar-refractivity contribution in [2.24, 2.45) is 5.41 Å². The monoisotopic (exact) mass is 158 g/mol. The van der Waals surface area contributed by atoms with Crippen molar-refractivity contribution >= 4 is 5.97 Å². The van der Waals surface area contributed by atoms with E-state index < -0.39 is 17.0 Å². The summed E-state index contributed by atoms with van der Waals surface area (Å²) in [5, 5.41) is 8.93. The number of hydrogen-bond acceptors (Lipinski definition) is 2. The summed E-state index contributed by atoms with van der Waals surface area (Å²) in [7, 11) is 0. The molecule has 1 aliphatic heterocycles. The number of rotatable bonds is 1. The minimum Gasteiger partial charge on any atom is -0.481 e. The largest absolute Gasteiger partial charge is 0.481 e. The molecule has 0 aliphatic carbocycles. The van der Waals surface area contributed by atoms with Crippen molar-refractivity contribution in [2.75, 3.05) is 6.61 Å². The number of aliphatic carboxylic acids is 1. The first-order valence-corrected chi connectivity index (χ1v) is 3.77. The lowest BCUT2D eigenvalue weighted by Gasteiger charge is -2.32. The van der Waals surface area contributed by atoms with Gasteiger partial charge in [-0.25, -0.2) is 0 Å². The summed E-state index contributed by atoms with van der Waals surface area (Å²) in [4.78, 5) is 10.9. The van der Waals surface area contributed by atoms with Gasteiger partial charge in [-0.3, -0.25) is 4.79 Å². The zero-order valence-electron chi connectivity index (χ0n) is 7.18. The average molecular weight is 158 g/mol. The molecule has 3 heteroatoms. The van der Waals surface area contributed by atoms with Gasteiger partial charge in [-0.2, -0.15) is 0 Å². The fourth-order valence-corrected chi connectivity index (χ4v) is 1.34. The third kappa shape index (κ3) is 1.03. The van der Waals surface area contributed by atoms with Gasteiger partial charge in [0.05, 0.1) is 11.0 Å². The van der Waals surface area contributed by atoms with E-state index in [1.807, 2.05) is 13.8 Å². The standard InChI is InChI=1S/C8H14O3/c1-7(2)8(3,6(9)10)4-5-11-7/h4-5H2,1-3H3,(H,9,10)/t8-/m1/s1. The topological polar surface area (TPSA) is 46.5 Å². The molecule has 0 unspecified atom stereocenters. The number of hydrogen-bond donors (Lipinski definition) is 1. The van der Waals surface area contributed by atoms with Crippen LogP contribution in [0.3, 0.4) is 0 Å². The molecular weight excluding hydrogens is 144 g/mol. The number of carboxylic acid groups (broad SMARTS) is 1. The molecule has 3 nitrogen and oxygen atoms in total. The first kappa shape index (κ1) is 8.53. The Morgan fingerprint density at radius 2 is 2.00 bits per heavy atom. The normalized spacial score (nSPS) is 35.5. The van der Waals surface area contributed by atoms with E-state index in [-0.39, 0.29) is 0 Å². The van der Waals surface area contributed by atoms with Gasteiger partial charge in [-0.1, -0.05) is 0 Å². The zero-order chi connectivity index (χ0) is 8.70. The Morgan fingerprint density at radius 3 is 2.18 bits per heavy atom. The molecule has 0 radical (unpaired) electrons. The molecular formula is C8H14O3. The van der Waals surface area contributed by atoms with E-state index >= 15 is 0 Å². The van der Waals surface area contributed by atoms with Crippen LogP contribution in [0.2, 0.25) is 0 Å². The van der Waals surface area contributed by atoms with Crippen molar-refractivity contribution in [3.63, 3.8) is 0 Å². The second kappa shape index (κ2) is 2.21. The predicted molar refractivity (Wildman–Crippen MR) is 40.4 cm³/mol. The minimum absolute atomic E-state index is 0.529. The highest BCUT2D eigenvalue weighted by atomic mass is 16.5. The molecule has 0 aromatic carbocycles. The second-order valence-corrected chi connectivity index (χ2v) is 3.75. The lowest BCUT2D eigenvalue weighted by atomic mass is 9.75. The highest BCUT2D eigenvalue weighted by molar-refractivity contribution is 5.76. The smallest absolute Gasteiger partial charge is 0.312 e. The van der Waals surface area contributed by atoms with Crippen LogP contribution in [0.25, 0.3) is 0 Å². The van der Waals surface area contributed by atoms with Crippen LogP contribution in [-0.4, -0.2) is 23.3 Å². The fraction of sp³-hybridized carbons (Fsp3) is 0.875. The van der Waals surface area contributed by atoms with Crippen molar-refractivity contribution in [3.05, 3.63) is 0 Å². The Labute approximate surface area is 66.4 Å². The molecule has 64 valence electrons. The quantitative estimate of drug-likeness (QED) is 0.625. The van der Waals surface area contributed by atoms with E-state index in [4.69, 9.17) is 9.84 Å². The molecule has 1 aliphatic rings. The highest BCUT2D eigenvalue weighted by Crippen LogP contribution is 2.42. The van der Waals surface area contributed by atoms with Gasteiger partial charge in [0.2, 0.25) is 0 Å². The summed E-state index contributed by atoms with van der Waals surface area (Å²) in [6.07, 6.45) is 0.606. The molecule has 1 saturated heterocycles. The number of carboxylic acids is 1. The van der Waals surface area contributed by atoms with Crippen molar-refractivity contribution in [1.82, 2.24) is 0 Å². The predicted octanol–water partition coefficient (Wildman–Crippen LogP) is 1.28. The molecule has 0 amide bonds. The van der Waals surface area contributed by atoms with Crippen LogP contribution in [0.1, 0.15) is 27.2 Å². The van der Waals surface area contributed by atoms with Gasteiger partial charge in [0.25, 0.3) is 0 Å². The lowest BCUT2D eigenvalue weighted by molar-refractivity contribution is -0.156. The summed E-state index contributed by atoms with van der Waals surface area (Å²) in [5.74, 6) is -0.764. The van der Waals surface area contributed by atoms with E-state index in [1.54, 1.807) is 6.92 Å². The molecule has 11 heavy (non-hydrogen) atoms. The lowest BCUT2D eigenvalue weighted by Crippen LogP contribution is -2.43. The van der Waals surface area contributed by atoms with Gasteiger partial charge in [-0.05, 0) is 27.2 Å². The molecule has 1 rings (SSSR count). The van der Waals surface area contributed by atoms with Crippen molar-refractivity contribution < 1.29 is 14.6 Å². The van der Waals surface area contributed by atoms with E-state index in [1.165, 1.54) is 0 Å². The molecule has 0 saturated carbocycles. The molecule has 0 aromatic heterocycles. The van der Waals surface area contributed by atoms with Gasteiger partial charge in [0, 0.05) is 6.61 Å². The van der Waals surface area contributed by atoms with E-state index in [9.17, 15) is 4.79 Å². The fourth-order valence-electron chi connectivity index (χ4n) is 1.34. The van der Waals surface area contributed by atoms with Gasteiger partial charge < -0.3 is 9.84 Å².